The quantitative estimate of drug-likeness (QED) is 0.789. The number of imide groups is 1. The van der Waals surface area contributed by atoms with Gasteiger partial charge in [-0.15, -0.1) is 0 Å². The Labute approximate surface area is 168 Å². The summed E-state index contributed by atoms with van der Waals surface area (Å²) in [4.78, 5) is 38.7. The van der Waals surface area contributed by atoms with Crippen LogP contribution < -0.4 is 14.8 Å². The van der Waals surface area contributed by atoms with Gasteiger partial charge in [0.2, 0.25) is 12.7 Å². The Hall–Kier alpha value is -3.35. The van der Waals surface area contributed by atoms with Crippen molar-refractivity contribution in [1.82, 2.24) is 10.2 Å². The molecule has 7 nitrogen and oxygen atoms in total. The molecule has 0 saturated carbocycles. The predicted molar refractivity (Wildman–Crippen MR) is 105 cm³/mol. The Morgan fingerprint density at radius 2 is 1.76 bits per heavy atom. The highest BCUT2D eigenvalue weighted by Crippen LogP contribution is 2.35. The van der Waals surface area contributed by atoms with Gasteiger partial charge in [-0.1, -0.05) is 17.7 Å². The highest BCUT2D eigenvalue weighted by atomic mass is 16.7. The molecule has 2 aromatic rings. The van der Waals surface area contributed by atoms with E-state index < -0.39 is 5.54 Å². The first-order valence-electron chi connectivity index (χ1n) is 9.44. The number of hydrogen-bond acceptors (Lipinski definition) is 5. The smallest absolute Gasteiger partial charge is 0.261 e. The molecule has 2 aliphatic heterocycles. The van der Waals surface area contributed by atoms with E-state index in [2.05, 4.69) is 5.32 Å². The number of aryl methyl sites for hydroxylation is 1. The lowest BCUT2D eigenvalue weighted by atomic mass is 9.93. The lowest BCUT2D eigenvalue weighted by Gasteiger charge is -2.27. The van der Waals surface area contributed by atoms with Crippen molar-refractivity contribution in [2.45, 2.75) is 32.7 Å². The fraction of sp³-hybridized carbons (Fsp3) is 0.318. The zero-order valence-corrected chi connectivity index (χ0v) is 16.6. The van der Waals surface area contributed by atoms with Gasteiger partial charge in [0.15, 0.2) is 11.5 Å². The summed E-state index contributed by atoms with van der Waals surface area (Å²) >= 11 is 0. The van der Waals surface area contributed by atoms with Crippen molar-refractivity contribution in [2.75, 3.05) is 13.3 Å². The summed E-state index contributed by atoms with van der Waals surface area (Å²) in [5.41, 5.74) is 1.91. The van der Waals surface area contributed by atoms with Gasteiger partial charge in [0.1, 0.15) is 0 Å². The minimum atomic E-state index is -0.656. The normalized spacial score (nSPS) is 14.9. The number of ether oxygens (including phenoxy) is 2. The molecule has 0 bridgehead atoms. The molecule has 0 unspecified atom stereocenters. The maximum absolute atomic E-state index is 12.5. The summed E-state index contributed by atoms with van der Waals surface area (Å²) in [5, 5.41) is 2.96. The average Bonchev–Trinajstić information content (AvgIpc) is 3.23. The highest BCUT2D eigenvalue weighted by Gasteiger charge is 2.35. The molecule has 2 aliphatic rings. The van der Waals surface area contributed by atoms with E-state index in [1.807, 2.05) is 39.0 Å². The molecule has 4 rings (SSSR count). The maximum Gasteiger partial charge on any atom is 0.261 e. The van der Waals surface area contributed by atoms with Gasteiger partial charge >= 0.3 is 0 Å². The second kappa shape index (κ2) is 6.92. The predicted octanol–water partition coefficient (Wildman–Crippen LogP) is 2.76. The molecule has 0 atom stereocenters. The number of amides is 3. The van der Waals surface area contributed by atoms with Crippen molar-refractivity contribution < 1.29 is 23.9 Å². The van der Waals surface area contributed by atoms with E-state index in [-0.39, 0.29) is 37.5 Å². The van der Waals surface area contributed by atoms with E-state index in [9.17, 15) is 14.4 Å². The molecule has 0 aromatic heterocycles. The van der Waals surface area contributed by atoms with Crippen LogP contribution in [-0.4, -0.2) is 36.0 Å². The zero-order chi connectivity index (χ0) is 20.8. The van der Waals surface area contributed by atoms with E-state index in [0.717, 1.165) is 16.0 Å². The van der Waals surface area contributed by atoms with Crippen molar-refractivity contribution >= 4 is 17.7 Å². The molecule has 0 radical (unpaired) electrons. The number of nitrogens with zero attached hydrogens (tertiary/aromatic N) is 1. The topological polar surface area (TPSA) is 84.9 Å². The van der Waals surface area contributed by atoms with Crippen molar-refractivity contribution in [3.8, 4) is 11.5 Å². The number of carbonyl (C=O) groups excluding carboxylic acids is 3. The van der Waals surface area contributed by atoms with Crippen LogP contribution in [0.25, 0.3) is 0 Å². The second-order valence-electron chi connectivity index (χ2n) is 7.80. The first-order chi connectivity index (χ1) is 13.8. The SMILES string of the molecule is Cc1ccc2c(c1)C(=O)N(CCC(=O)NC(C)(C)c1ccc3c(c1)OCO3)C2=O. The van der Waals surface area contributed by atoms with Crippen molar-refractivity contribution in [2.24, 2.45) is 0 Å². The van der Waals surface area contributed by atoms with Crippen LogP contribution in [0.15, 0.2) is 36.4 Å². The van der Waals surface area contributed by atoms with Crippen molar-refractivity contribution in [1.29, 1.82) is 0 Å². The second-order valence-corrected chi connectivity index (χ2v) is 7.80. The standard InChI is InChI=1S/C22H22N2O5/c1-13-4-6-15-16(10-13)21(27)24(20(15)26)9-8-19(25)23-22(2,3)14-5-7-17-18(11-14)29-12-28-17/h4-7,10-11H,8-9,12H2,1-3H3,(H,23,25). The molecule has 0 fully saturated rings. The minimum Gasteiger partial charge on any atom is -0.454 e. The maximum atomic E-state index is 12.5. The lowest BCUT2D eigenvalue weighted by molar-refractivity contribution is -0.122. The molecule has 2 heterocycles. The van der Waals surface area contributed by atoms with Gasteiger partial charge in [0, 0.05) is 13.0 Å². The molecule has 0 spiro atoms. The Morgan fingerprint density at radius 3 is 2.55 bits per heavy atom. The Balaban J connectivity index is 1.40. The van der Waals surface area contributed by atoms with Crippen LogP contribution in [0, 0.1) is 6.92 Å². The fourth-order valence-corrected chi connectivity index (χ4v) is 3.59. The minimum absolute atomic E-state index is 0.0262. The fourth-order valence-electron chi connectivity index (χ4n) is 3.59. The summed E-state index contributed by atoms with van der Waals surface area (Å²) in [6, 6.07) is 10.7. The monoisotopic (exact) mass is 394 g/mol. The number of benzene rings is 2. The Kier molecular flexibility index (Phi) is 4.53. The van der Waals surface area contributed by atoms with Crippen LogP contribution in [0.2, 0.25) is 0 Å². The summed E-state index contributed by atoms with van der Waals surface area (Å²) in [7, 11) is 0. The van der Waals surface area contributed by atoms with Crippen molar-refractivity contribution in [3.63, 3.8) is 0 Å². The molecular weight excluding hydrogens is 372 g/mol. The number of rotatable bonds is 5. The number of fused-ring (bicyclic) bond motifs is 2. The summed E-state index contributed by atoms with van der Waals surface area (Å²) in [6.45, 7) is 5.85. The van der Waals surface area contributed by atoms with Crippen LogP contribution >= 0.6 is 0 Å². The van der Waals surface area contributed by atoms with Gasteiger partial charge in [-0.2, -0.15) is 0 Å². The average molecular weight is 394 g/mol. The van der Waals surface area contributed by atoms with Gasteiger partial charge in [0.25, 0.3) is 11.8 Å². The van der Waals surface area contributed by atoms with Crippen molar-refractivity contribution in [3.05, 3.63) is 58.7 Å². The first-order valence-corrected chi connectivity index (χ1v) is 9.44. The number of hydrogen-bond donors (Lipinski definition) is 1. The summed E-state index contributed by atoms with van der Waals surface area (Å²) < 4.78 is 10.7. The Morgan fingerprint density at radius 1 is 1.03 bits per heavy atom. The van der Waals surface area contributed by atoms with E-state index in [1.54, 1.807) is 18.2 Å². The third-order valence-electron chi connectivity index (χ3n) is 5.23. The van der Waals surface area contributed by atoms with Gasteiger partial charge in [-0.25, -0.2) is 0 Å². The van der Waals surface area contributed by atoms with Crippen LogP contribution in [0.5, 0.6) is 11.5 Å². The van der Waals surface area contributed by atoms with Gasteiger partial charge < -0.3 is 14.8 Å². The largest absolute Gasteiger partial charge is 0.454 e. The van der Waals surface area contributed by atoms with E-state index in [0.29, 0.717) is 22.6 Å². The Bertz CT molecular complexity index is 1030. The summed E-state index contributed by atoms with van der Waals surface area (Å²) in [5.74, 6) is 0.368. The molecule has 150 valence electrons. The van der Waals surface area contributed by atoms with Crippen LogP contribution in [0.4, 0.5) is 0 Å². The molecule has 7 heteroatoms. The zero-order valence-electron chi connectivity index (χ0n) is 16.6. The molecular formula is C22H22N2O5. The molecule has 0 saturated heterocycles. The van der Waals surface area contributed by atoms with E-state index >= 15 is 0 Å². The highest BCUT2D eigenvalue weighted by molar-refractivity contribution is 6.21. The number of carbonyl (C=O) groups is 3. The first kappa shape index (κ1) is 19.0. The van der Waals surface area contributed by atoms with Crippen LogP contribution in [0.3, 0.4) is 0 Å². The third-order valence-corrected chi connectivity index (χ3v) is 5.23. The molecule has 2 aromatic carbocycles. The summed E-state index contributed by atoms with van der Waals surface area (Å²) in [6.07, 6.45) is 0.0262. The lowest BCUT2D eigenvalue weighted by Crippen LogP contribution is -2.42. The molecule has 0 aliphatic carbocycles. The number of nitrogens with one attached hydrogen (secondary N) is 1. The molecule has 29 heavy (non-hydrogen) atoms. The van der Waals surface area contributed by atoms with Gasteiger partial charge in [-0.3, -0.25) is 19.3 Å². The van der Waals surface area contributed by atoms with Gasteiger partial charge in [-0.05, 0) is 50.6 Å². The molecule has 3 amide bonds. The van der Waals surface area contributed by atoms with Crippen LogP contribution in [0.1, 0.15) is 52.1 Å². The van der Waals surface area contributed by atoms with E-state index in [4.69, 9.17) is 9.47 Å². The van der Waals surface area contributed by atoms with E-state index in [1.165, 1.54) is 0 Å². The molecule has 1 N–H and O–H groups in total. The third kappa shape index (κ3) is 3.44. The van der Waals surface area contributed by atoms with Crippen LogP contribution in [-0.2, 0) is 10.3 Å². The van der Waals surface area contributed by atoms with Gasteiger partial charge in [0.05, 0.1) is 16.7 Å².